The van der Waals surface area contributed by atoms with Gasteiger partial charge in [0.1, 0.15) is 0 Å². The van der Waals surface area contributed by atoms with Crippen LogP contribution in [-0.2, 0) is 0 Å². The maximum absolute atomic E-state index is 3.62. The van der Waals surface area contributed by atoms with E-state index in [2.05, 4.69) is 148 Å². The molecule has 0 nitrogen and oxygen atoms in total. The molecule has 0 spiro atoms. The Balaban J connectivity index is 1.82. The molecule has 29 heavy (non-hydrogen) atoms. The van der Waals surface area contributed by atoms with Crippen LogP contribution in [0, 0.1) is 0 Å². The molecular formula is C26H22P2Se. The van der Waals surface area contributed by atoms with Gasteiger partial charge in [-0.2, -0.15) is 0 Å². The average Bonchev–Trinajstić information content (AvgIpc) is 2.81. The van der Waals surface area contributed by atoms with E-state index in [0.29, 0.717) is 0 Å². The maximum atomic E-state index is 3.62. The van der Waals surface area contributed by atoms with E-state index in [1.807, 2.05) is 0 Å². The minimum atomic E-state index is -1.76. The molecule has 0 unspecified atom stereocenters. The average molecular weight is 475 g/mol. The van der Waals surface area contributed by atoms with Crippen molar-refractivity contribution in [3.63, 3.8) is 0 Å². The molecule has 0 amide bonds. The third-order valence-corrected chi connectivity index (χ3v) is 13.3. The monoisotopic (exact) mass is 476 g/mol. The van der Waals surface area contributed by atoms with Gasteiger partial charge in [-0.3, -0.25) is 0 Å². The zero-order chi connectivity index (χ0) is 19.9. The summed E-state index contributed by atoms with van der Waals surface area (Å²) in [6.07, 6.45) is 0. The van der Waals surface area contributed by atoms with Crippen LogP contribution in [0.4, 0.5) is 0 Å². The van der Waals surface area contributed by atoms with Crippen LogP contribution in [0.1, 0.15) is 0 Å². The first kappa shape index (κ1) is 20.3. The predicted molar refractivity (Wildman–Crippen MR) is 133 cm³/mol. The van der Waals surface area contributed by atoms with E-state index >= 15 is 0 Å². The van der Waals surface area contributed by atoms with E-state index in [-0.39, 0.29) is 0 Å². The molecule has 0 N–H and O–H groups in total. The third kappa shape index (κ3) is 4.78. The van der Waals surface area contributed by atoms with E-state index in [9.17, 15) is 0 Å². The Kier molecular flexibility index (Phi) is 6.76. The van der Waals surface area contributed by atoms with Gasteiger partial charge in [0.2, 0.25) is 0 Å². The Hall–Kier alpha value is -2.00. The second-order valence-electron chi connectivity index (χ2n) is 6.67. The molecule has 0 heterocycles. The van der Waals surface area contributed by atoms with E-state index in [4.69, 9.17) is 0 Å². The third-order valence-electron chi connectivity index (χ3n) is 4.77. The summed E-state index contributed by atoms with van der Waals surface area (Å²) in [5.41, 5.74) is -1.76. The van der Waals surface area contributed by atoms with Gasteiger partial charge in [0, 0.05) is 0 Å². The van der Waals surface area contributed by atoms with Crippen molar-refractivity contribution >= 4 is 49.7 Å². The summed E-state index contributed by atoms with van der Waals surface area (Å²) in [6, 6.07) is 43.4. The molecule has 0 atom stereocenters. The van der Waals surface area contributed by atoms with Gasteiger partial charge in [-0.15, -0.1) is 0 Å². The van der Waals surface area contributed by atoms with Crippen molar-refractivity contribution in [3.8, 4) is 0 Å². The predicted octanol–water partition coefficient (Wildman–Crippen LogP) is 5.34. The van der Waals surface area contributed by atoms with Gasteiger partial charge >= 0.3 is 183 Å². The molecule has 0 saturated carbocycles. The SMILES string of the molecule is [Se]=P(/C=C\P(c1ccccc1)c1ccccc1)(c1ccccc1)c1ccccc1. The molecule has 4 aromatic rings. The van der Waals surface area contributed by atoms with Crippen LogP contribution in [0.25, 0.3) is 0 Å². The normalized spacial score (nSPS) is 11.8. The Morgan fingerprint density at radius 3 is 1.24 bits per heavy atom. The zero-order valence-electron chi connectivity index (χ0n) is 16.0. The van der Waals surface area contributed by atoms with E-state index < -0.39 is 13.4 Å². The number of hydrogen-bond donors (Lipinski definition) is 0. The standard InChI is InChI=1S/C26H22P2Se/c29-28(25-17-9-3-10-18-25,26-19-11-4-12-20-26)22-21-27(23-13-5-1-6-14-23)24-15-7-2-8-16-24/h1-22H/b22-21-. The van der Waals surface area contributed by atoms with Crippen LogP contribution in [0.3, 0.4) is 0 Å². The fourth-order valence-electron chi connectivity index (χ4n) is 3.28. The summed E-state index contributed by atoms with van der Waals surface area (Å²) in [6.45, 7) is 0. The Labute approximate surface area is 182 Å². The first-order chi connectivity index (χ1) is 14.3. The molecule has 0 aliphatic heterocycles. The van der Waals surface area contributed by atoms with Gasteiger partial charge in [0.15, 0.2) is 0 Å². The summed E-state index contributed by atoms with van der Waals surface area (Å²) in [5.74, 6) is 4.91. The van der Waals surface area contributed by atoms with Crippen LogP contribution >= 0.6 is 13.4 Å². The summed E-state index contributed by atoms with van der Waals surface area (Å²) < 4.78 is 0. The molecule has 0 saturated heterocycles. The van der Waals surface area contributed by atoms with E-state index in [1.165, 1.54) is 21.2 Å². The minimum absolute atomic E-state index is 0.569. The fraction of sp³-hybridized carbons (Fsp3) is 0. The topological polar surface area (TPSA) is 0 Å². The van der Waals surface area contributed by atoms with Gasteiger partial charge in [0.05, 0.1) is 0 Å². The molecule has 142 valence electrons. The molecule has 0 aliphatic carbocycles. The quantitative estimate of drug-likeness (QED) is 0.261. The van der Waals surface area contributed by atoms with Crippen LogP contribution < -0.4 is 21.2 Å². The summed E-state index contributed by atoms with van der Waals surface area (Å²) in [7, 11) is -0.569. The number of hydrogen-bond acceptors (Lipinski definition) is 0. The van der Waals surface area contributed by atoms with Gasteiger partial charge < -0.3 is 0 Å². The Bertz CT molecular complexity index is 1030. The van der Waals surface area contributed by atoms with Crippen molar-refractivity contribution < 1.29 is 0 Å². The summed E-state index contributed by atoms with van der Waals surface area (Å²) in [5, 5.41) is 5.47. The molecule has 4 aromatic carbocycles. The van der Waals surface area contributed by atoms with Gasteiger partial charge in [-0.1, -0.05) is 0 Å². The zero-order valence-corrected chi connectivity index (χ0v) is 19.5. The molecule has 0 bridgehead atoms. The second-order valence-corrected chi connectivity index (χ2v) is 15.0. The van der Waals surface area contributed by atoms with E-state index in [1.54, 1.807) is 0 Å². The second kappa shape index (κ2) is 9.67. The molecular weight excluding hydrogens is 453 g/mol. The van der Waals surface area contributed by atoms with Crippen molar-refractivity contribution in [2.75, 3.05) is 0 Å². The van der Waals surface area contributed by atoms with Crippen molar-refractivity contribution in [3.05, 3.63) is 133 Å². The van der Waals surface area contributed by atoms with Crippen molar-refractivity contribution in [1.29, 1.82) is 0 Å². The van der Waals surface area contributed by atoms with Gasteiger partial charge in [0.25, 0.3) is 0 Å². The van der Waals surface area contributed by atoms with Crippen LogP contribution in [0.5, 0.6) is 0 Å². The Morgan fingerprint density at radius 2 is 0.862 bits per heavy atom. The summed E-state index contributed by atoms with van der Waals surface area (Å²) in [4.78, 5) is 0. The summed E-state index contributed by atoms with van der Waals surface area (Å²) >= 11 is 3.62. The molecule has 4 rings (SSSR count). The van der Waals surface area contributed by atoms with Gasteiger partial charge in [-0.25, -0.2) is 0 Å². The van der Waals surface area contributed by atoms with Gasteiger partial charge in [-0.05, 0) is 0 Å². The van der Waals surface area contributed by atoms with Crippen molar-refractivity contribution in [1.82, 2.24) is 0 Å². The van der Waals surface area contributed by atoms with E-state index in [0.717, 1.165) is 0 Å². The number of rotatable bonds is 6. The molecule has 3 heteroatoms. The first-order valence-electron chi connectivity index (χ1n) is 9.57. The van der Waals surface area contributed by atoms with Crippen LogP contribution in [-0.4, -0.2) is 15.1 Å². The molecule has 0 radical (unpaired) electrons. The van der Waals surface area contributed by atoms with Crippen molar-refractivity contribution in [2.24, 2.45) is 0 Å². The Morgan fingerprint density at radius 1 is 0.517 bits per heavy atom. The fourth-order valence-corrected chi connectivity index (χ4v) is 10.6. The molecule has 0 aliphatic rings. The van der Waals surface area contributed by atoms with Crippen molar-refractivity contribution in [2.45, 2.75) is 0 Å². The van der Waals surface area contributed by atoms with Crippen LogP contribution in [0.15, 0.2) is 133 Å². The van der Waals surface area contributed by atoms with Crippen LogP contribution in [0.2, 0.25) is 0 Å². The molecule has 0 fully saturated rings. The number of benzene rings is 4. The molecule has 0 aromatic heterocycles. The first-order valence-corrected chi connectivity index (χ1v) is 15.1.